The summed E-state index contributed by atoms with van der Waals surface area (Å²) in [6.45, 7) is 7.81. The zero-order chi connectivity index (χ0) is 53.1. The molecular weight excluding hydrogens is 1000 g/mol. The van der Waals surface area contributed by atoms with E-state index >= 15 is 0 Å². The average Bonchev–Trinajstić information content (AvgIpc) is 4.22. The van der Waals surface area contributed by atoms with Crippen molar-refractivity contribution >= 4 is 88.8 Å². The van der Waals surface area contributed by atoms with Crippen LogP contribution in [0, 0.1) is 11.6 Å². The fourth-order valence-corrected chi connectivity index (χ4v) is 11.3. The van der Waals surface area contributed by atoms with Crippen LogP contribution >= 0.6 is 22.7 Å². The minimum atomic E-state index is -1.82. The van der Waals surface area contributed by atoms with Gasteiger partial charge in [-0.1, -0.05) is 24.3 Å². The number of ether oxygens (including phenoxy) is 2. The van der Waals surface area contributed by atoms with Crippen LogP contribution in [0.3, 0.4) is 0 Å². The number of benzene rings is 4. The number of aliphatic hydroxyl groups is 2. The number of H-pyrrole nitrogens is 2. The molecular formula is C52H56F2N6O12S2. The molecule has 0 bridgehead atoms. The van der Waals surface area contributed by atoms with E-state index in [0.29, 0.717) is 48.0 Å². The molecule has 8 aromatic rings. The smallest absolute Gasteiger partial charge is 0.414 e. The van der Waals surface area contributed by atoms with E-state index in [1.165, 1.54) is 12.1 Å². The van der Waals surface area contributed by atoms with Crippen molar-refractivity contribution in [3.05, 3.63) is 119 Å². The lowest BCUT2D eigenvalue weighted by molar-refractivity contribution is -0.159. The molecule has 6 heterocycles. The lowest BCUT2D eigenvalue weighted by atomic mass is 9.92. The summed E-state index contributed by atoms with van der Waals surface area (Å²) in [5, 5.41) is 54.8. The molecule has 6 atom stereocenters. The summed E-state index contributed by atoms with van der Waals surface area (Å²) in [5.74, 6) is -5.55. The topological polar surface area (TPSA) is 272 Å². The maximum absolute atomic E-state index is 14.0. The van der Waals surface area contributed by atoms with Crippen LogP contribution in [0.4, 0.5) is 8.78 Å². The second kappa shape index (κ2) is 25.2. The van der Waals surface area contributed by atoms with Crippen LogP contribution < -0.4 is 9.47 Å². The van der Waals surface area contributed by atoms with Crippen molar-refractivity contribution in [1.82, 2.24) is 29.7 Å². The summed E-state index contributed by atoms with van der Waals surface area (Å²) in [6, 6.07) is 26.6. The number of fused-ring (bicyclic) bond motifs is 4. The third kappa shape index (κ3) is 14.1. The third-order valence-electron chi connectivity index (χ3n) is 12.7. The number of hydrogen-bond acceptors (Lipinski definition) is 14. The van der Waals surface area contributed by atoms with Crippen LogP contribution in [-0.4, -0.2) is 148 Å². The number of aromatic nitrogens is 4. The second-order valence-electron chi connectivity index (χ2n) is 17.9. The molecule has 0 aliphatic carbocycles. The minimum Gasteiger partial charge on any atom is -0.490 e. The Balaban J connectivity index is 0.000000177. The molecule has 2 saturated heterocycles. The van der Waals surface area contributed by atoms with Gasteiger partial charge < -0.3 is 50.1 Å². The average molecular weight is 1060 g/mol. The molecule has 22 heteroatoms. The van der Waals surface area contributed by atoms with E-state index in [9.17, 15) is 19.0 Å². The molecule has 74 heavy (non-hydrogen) atoms. The Morgan fingerprint density at radius 3 is 1.34 bits per heavy atom. The highest BCUT2D eigenvalue weighted by atomic mass is 32.1. The van der Waals surface area contributed by atoms with Gasteiger partial charge >= 0.3 is 23.9 Å². The molecule has 2 aliphatic rings. The number of likely N-dealkylation sites (tertiary alicyclic amines) is 2. The number of rotatable bonds is 12. The number of aliphatic carboxylic acids is 4. The number of halogens is 2. The number of β-amino-alcohol motifs (C(OH)–C–C–N with tert-alkyl or cyclic N) is 2. The summed E-state index contributed by atoms with van der Waals surface area (Å²) in [6.07, 6.45) is 6.48. The second-order valence-corrected chi connectivity index (χ2v) is 20.1. The van der Waals surface area contributed by atoms with Gasteiger partial charge in [0.2, 0.25) is 0 Å². The molecule has 0 saturated carbocycles. The van der Waals surface area contributed by atoms with Crippen LogP contribution in [0.5, 0.6) is 11.5 Å². The van der Waals surface area contributed by atoms with Crippen LogP contribution in [0.2, 0.25) is 0 Å². The number of thiazole rings is 2. The number of nitrogens with one attached hydrogen (secondary N) is 2. The van der Waals surface area contributed by atoms with Gasteiger partial charge in [0.15, 0.2) is 0 Å². The normalized spacial score (nSPS) is 18.8. The van der Waals surface area contributed by atoms with Gasteiger partial charge in [-0.25, -0.2) is 37.9 Å². The molecule has 0 spiro atoms. The Morgan fingerprint density at radius 1 is 0.608 bits per heavy atom. The van der Waals surface area contributed by atoms with Crippen molar-refractivity contribution in [2.75, 3.05) is 39.4 Å². The fourth-order valence-electron chi connectivity index (χ4n) is 9.03. The van der Waals surface area contributed by atoms with E-state index in [-0.39, 0.29) is 24.8 Å². The highest BCUT2D eigenvalue weighted by molar-refractivity contribution is 7.19. The molecule has 392 valence electrons. The number of carboxylic acid groups (broad SMARTS) is 4. The van der Waals surface area contributed by atoms with E-state index in [4.69, 9.17) is 49.1 Å². The number of piperidine rings is 2. The van der Waals surface area contributed by atoms with Crippen molar-refractivity contribution in [1.29, 1.82) is 0 Å². The van der Waals surface area contributed by atoms with Crippen molar-refractivity contribution in [2.45, 2.75) is 75.7 Å². The summed E-state index contributed by atoms with van der Waals surface area (Å²) < 4.78 is 41.7. The van der Waals surface area contributed by atoms with Crippen LogP contribution in [-0.2, 0) is 19.2 Å². The molecule has 0 radical (unpaired) electrons. The lowest BCUT2D eigenvalue weighted by Gasteiger charge is -2.38. The molecule has 2 aliphatic heterocycles. The zero-order valence-electron chi connectivity index (χ0n) is 40.3. The highest BCUT2D eigenvalue weighted by Gasteiger charge is 2.31. The number of aliphatic hydroxyl groups excluding tert-OH is 2. The Kier molecular flexibility index (Phi) is 18.7. The molecule has 4 aromatic carbocycles. The Hall–Kier alpha value is -7.08. The molecule has 2 fully saturated rings. The predicted octanol–water partition coefficient (Wildman–Crippen LogP) is 8.16. The molecule has 18 nitrogen and oxygen atoms in total. The van der Waals surface area contributed by atoms with E-state index in [1.807, 2.05) is 73.1 Å². The Morgan fingerprint density at radius 2 is 0.986 bits per heavy atom. The molecule has 0 unspecified atom stereocenters. The Labute approximate surface area is 430 Å². The molecule has 4 aromatic heterocycles. The first kappa shape index (κ1) is 54.7. The summed E-state index contributed by atoms with van der Waals surface area (Å²) in [7, 11) is 0. The van der Waals surface area contributed by atoms with E-state index in [0.717, 1.165) is 91.5 Å². The van der Waals surface area contributed by atoms with Gasteiger partial charge in [0.1, 0.15) is 59.6 Å². The summed E-state index contributed by atoms with van der Waals surface area (Å²) in [4.78, 5) is 56.6. The summed E-state index contributed by atoms with van der Waals surface area (Å²) >= 11 is 3.20. The van der Waals surface area contributed by atoms with E-state index in [2.05, 4.69) is 43.6 Å². The van der Waals surface area contributed by atoms with Crippen LogP contribution in [0.15, 0.2) is 97.3 Å². The van der Waals surface area contributed by atoms with Gasteiger partial charge in [-0.3, -0.25) is 9.80 Å². The van der Waals surface area contributed by atoms with Gasteiger partial charge in [-0.05, 0) is 113 Å². The number of hydrogen-bond donors (Lipinski definition) is 8. The number of carboxylic acids is 4. The van der Waals surface area contributed by atoms with Gasteiger partial charge in [0, 0.05) is 71.2 Å². The number of carbonyl (C=O) groups is 4. The van der Waals surface area contributed by atoms with Crippen LogP contribution in [0.25, 0.3) is 42.2 Å². The number of nitrogens with zero attached hydrogens (tertiary/aromatic N) is 4. The SMILES string of the molecule is C[C@@H]1C[C@H](c2nc3c(F)cccc3s2)CCN1C[C@H](O)COc1cccc2[nH]ccc12.C[C@H]1C[C@@H](c2nc3c(F)cccc3s2)CCN1C[C@H](O)COc1cccc2[nH]ccc12.O=C(O)C(=O)O.O=C(O)C(=O)O. The minimum absolute atomic E-state index is 0.246. The van der Waals surface area contributed by atoms with E-state index in [1.54, 1.807) is 34.8 Å². The first-order chi connectivity index (χ1) is 35.4. The summed E-state index contributed by atoms with van der Waals surface area (Å²) in [5.41, 5.74) is 3.03. The maximum atomic E-state index is 14.0. The standard InChI is InChI=1S/2C24H26FN3O2S.2C2H2O4/c2*1-15-12-16(24-27-23-19(25)4-2-7-22(23)31-24)9-11-28(15)13-17(29)14-30-21-6-3-5-20-18(21)8-10-26-20;2*3-1(4)2(5)6/h2*2-8,10,15-17,26,29H,9,11-14H2,1H3;2*(H,3,4)(H,5,6)/t15-,16-,17+;15-,16-,17-;;/m10../s1. The molecule has 0 amide bonds. The number of aromatic amines is 2. The van der Waals surface area contributed by atoms with E-state index < -0.39 is 36.1 Å². The highest BCUT2D eigenvalue weighted by Crippen LogP contribution is 2.38. The third-order valence-corrected chi connectivity index (χ3v) is 15.1. The monoisotopic (exact) mass is 1060 g/mol. The first-order valence-electron chi connectivity index (χ1n) is 23.7. The zero-order valence-corrected chi connectivity index (χ0v) is 41.9. The van der Waals surface area contributed by atoms with Gasteiger partial charge in [-0.2, -0.15) is 0 Å². The maximum Gasteiger partial charge on any atom is 0.414 e. The van der Waals surface area contributed by atoms with Crippen molar-refractivity contribution < 1.29 is 68.1 Å². The molecule has 10 rings (SSSR count). The van der Waals surface area contributed by atoms with Crippen molar-refractivity contribution in [3.8, 4) is 11.5 Å². The van der Waals surface area contributed by atoms with Crippen molar-refractivity contribution in [3.63, 3.8) is 0 Å². The largest absolute Gasteiger partial charge is 0.490 e. The molecule has 8 N–H and O–H groups in total. The number of para-hydroxylation sites is 2. The lowest BCUT2D eigenvalue weighted by Crippen LogP contribution is -2.45. The van der Waals surface area contributed by atoms with Gasteiger partial charge in [0.25, 0.3) is 0 Å². The van der Waals surface area contributed by atoms with Crippen molar-refractivity contribution in [2.24, 2.45) is 0 Å². The quantitative estimate of drug-likeness (QED) is 0.0536. The Bertz CT molecular complexity index is 2960. The fraction of sp³-hybridized carbons (Fsp3) is 0.346. The van der Waals surface area contributed by atoms with Gasteiger partial charge in [-0.15, -0.1) is 22.7 Å². The van der Waals surface area contributed by atoms with Crippen LogP contribution in [0.1, 0.15) is 61.4 Å². The predicted molar refractivity (Wildman–Crippen MR) is 275 cm³/mol. The van der Waals surface area contributed by atoms with Gasteiger partial charge in [0.05, 0.1) is 19.4 Å². The first-order valence-corrected chi connectivity index (χ1v) is 25.3.